The molecule has 0 bridgehead atoms. The van der Waals surface area contributed by atoms with E-state index in [1.165, 1.54) is 11.6 Å². The molecule has 2 atom stereocenters. The van der Waals surface area contributed by atoms with E-state index < -0.39 is 0 Å². The van der Waals surface area contributed by atoms with Crippen molar-refractivity contribution in [3.05, 3.63) is 35.1 Å². The van der Waals surface area contributed by atoms with Crippen molar-refractivity contribution < 1.29 is 9.18 Å². The Morgan fingerprint density at radius 3 is 2.75 bits per heavy atom. The normalized spacial score (nSPS) is 25.1. The molecule has 1 aliphatic carbocycles. The summed E-state index contributed by atoms with van der Waals surface area (Å²) in [6, 6.07) is 4.92. The average Bonchev–Trinajstić information content (AvgIpc) is 2.54. The van der Waals surface area contributed by atoms with E-state index in [1.807, 2.05) is 19.9 Å². The fourth-order valence-corrected chi connectivity index (χ4v) is 2.52. The van der Waals surface area contributed by atoms with Crippen LogP contribution in [0.25, 0.3) is 0 Å². The lowest BCUT2D eigenvalue weighted by atomic mass is 9.89. The van der Waals surface area contributed by atoms with Gasteiger partial charge in [0.05, 0.1) is 0 Å². The predicted molar refractivity (Wildman–Crippen MR) is 61.7 cm³/mol. The summed E-state index contributed by atoms with van der Waals surface area (Å²) in [7, 11) is 0. The number of aryl methyl sites for hydroxylation is 1. The van der Waals surface area contributed by atoms with Gasteiger partial charge in [-0.25, -0.2) is 4.39 Å². The average molecular weight is 220 g/mol. The standard InChI is InChI=1S/C14H17FO/c1-9-7-13(15)5-3-11(9)8-12-4-6-14(16)10(12)2/h3,5,7,10,12H,4,6,8H2,1-2H3. The number of benzene rings is 1. The number of carbonyl (C=O) groups excluding carboxylic acids is 1. The fraction of sp³-hybridized carbons (Fsp3) is 0.500. The minimum absolute atomic E-state index is 0.171. The van der Waals surface area contributed by atoms with Gasteiger partial charge in [0.15, 0.2) is 0 Å². The smallest absolute Gasteiger partial charge is 0.135 e. The van der Waals surface area contributed by atoms with Crippen LogP contribution < -0.4 is 0 Å². The van der Waals surface area contributed by atoms with E-state index in [9.17, 15) is 9.18 Å². The Balaban J connectivity index is 2.12. The molecule has 2 rings (SSSR count). The maximum absolute atomic E-state index is 12.9. The van der Waals surface area contributed by atoms with Crippen molar-refractivity contribution in [2.24, 2.45) is 11.8 Å². The maximum Gasteiger partial charge on any atom is 0.135 e. The van der Waals surface area contributed by atoms with E-state index >= 15 is 0 Å². The van der Waals surface area contributed by atoms with Crippen LogP contribution >= 0.6 is 0 Å². The molecule has 1 nitrogen and oxygen atoms in total. The Labute approximate surface area is 95.7 Å². The van der Waals surface area contributed by atoms with Gasteiger partial charge in [-0.05, 0) is 48.9 Å². The largest absolute Gasteiger partial charge is 0.299 e. The summed E-state index contributed by atoms with van der Waals surface area (Å²) in [6.07, 6.45) is 2.60. The van der Waals surface area contributed by atoms with Gasteiger partial charge in [0.2, 0.25) is 0 Å². The topological polar surface area (TPSA) is 17.1 Å². The van der Waals surface area contributed by atoms with E-state index in [2.05, 4.69) is 0 Å². The van der Waals surface area contributed by atoms with Crippen molar-refractivity contribution in [2.75, 3.05) is 0 Å². The van der Waals surface area contributed by atoms with Crippen molar-refractivity contribution in [1.82, 2.24) is 0 Å². The van der Waals surface area contributed by atoms with Gasteiger partial charge in [-0.3, -0.25) is 4.79 Å². The second-order valence-corrected chi connectivity index (χ2v) is 4.83. The molecule has 1 fully saturated rings. The molecular weight excluding hydrogens is 203 g/mol. The lowest BCUT2D eigenvalue weighted by molar-refractivity contribution is -0.120. The van der Waals surface area contributed by atoms with Crippen molar-refractivity contribution in [3.8, 4) is 0 Å². The molecule has 2 unspecified atom stereocenters. The summed E-state index contributed by atoms with van der Waals surface area (Å²) in [5, 5.41) is 0. The fourth-order valence-electron chi connectivity index (χ4n) is 2.52. The first-order chi connectivity index (χ1) is 7.58. The van der Waals surface area contributed by atoms with E-state index in [1.54, 1.807) is 6.07 Å². The Morgan fingerprint density at radius 1 is 1.44 bits per heavy atom. The van der Waals surface area contributed by atoms with E-state index in [-0.39, 0.29) is 11.7 Å². The zero-order chi connectivity index (χ0) is 11.7. The molecule has 86 valence electrons. The Morgan fingerprint density at radius 2 is 2.19 bits per heavy atom. The number of ketones is 1. The van der Waals surface area contributed by atoms with Crippen LogP contribution in [-0.2, 0) is 11.2 Å². The van der Waals surface area contributed by atoms with Gasteiger partial charge in [-0.15, -0.1) is 0 Å². The third kappa shape index (κ3) is 2.16. The highest BCUT2D eigenvalue weighted by Crippen LogP contribution is 2.31. The molecule has 1 aromatic rings. The highest BCUT2D eigenvalue weighted by molar-refractivity contribution is 5.83. The summed E-state index contributed by atoms with van der Waals surface area (Å²) in [5.41, 5.74) is 2.17. The molecule has 0 radical (unpaired) electrons. The van der Waals surface area contributed by atoms with Crippen LogP contribution in [0.4, 0.5) is 4.39 Å². The van der Waals surface area contributed by atoms with Crippen LogP contribution in [0.5, 0.6) is 0 Å². The first-order valence-electron chi connectivity index (χ1n) is 5.85. The van der Waals surface area contributed by atoms with Crippen LogP contribution in [-0.4, -0.2) is 5.78 Å². The molecule has 1 aromatic carbocycles. The van der Waals surface area contributed by atoms with Gasteiger partial charge in [0.25, 0.3) is 0 Å². The van der Waals surface area contributed by atoms with E-state index in [0.29, 0.717) is 18.1 Å². The number of rotatable bonds is 2. The third-order valence-electron chi connectivity index (χ3n) is 3.76. The van der Waals surface area contributed by atoms with E-state index in [4.69, 9.17) is 0 Å². The number of carbonyl (C=O) groups is 1. The van der Waals surface area contributed by atoms with Gasteiger partial charge in [-0.2, -0.15) is 0 Å². The molecule has 0 aliphatic heterocycles. The van der Waals surface area contributed by atoms with Gasteiger partial charge >= 0.3 is 0 Å². The van der Waals surface area contributed by atoms with Gasteiger partial charge in [0.1, 0.15) is 11.6 Å². The van der Waals surface area contributed by atoms with Gasteiger partial charge in [-0.1, -0.05) is 13.0 Å². The summed E-state index contributed by atoms with van der Waals surface area (Å²) >= 11 is 0. The molecule has 0 saturated heterocycles. The molecule has 0 amide bonds. The first-order valence-corrected chi connectivity index (χ1v) is 5.85. The Bertz CT molecular complexity index is 411. The molecule has 0 spiro atoms. The summed E-state index contributed by atoms with van der Waals surface area (Å²) in [4.78, 5) is 11.5. The lowest BCUT2D eigenvalue weighted by Gasteiger charge is -2.15. The van der Waals surface area contributed by atoms with Crippen molar-refractivity contribution in [1.29, 1.82) is 0 Å². The number of Topliss-reactive ketones (excluding diaryl/α,β-unsaturated/α-hetero) is 1. The minimum atomic E-state index is -0.184. The predicted octanol–water partition coefficient (Wildman–Crippen LogP) is 3.29. The van der Waals surface area contributed by atoms with Crippen molar-refractivity contribution >= 4 is 5.78 Å². The van der Waals surface area contributed by atoms with Crippen LogP contribution in [0.2, 0.25) is 0 Å². The maximum atomic E-state index is 12.9. The second kappa shape index (κ2) is 4.36. The molecule has 0 heterocycles. The van der Waals surface area contributed by atoms with Crippen LogP contribution in [0.3, 0.4) is 0 Å². The molecule has 0 N–H and O–H groups in total. The summed E-state index contributed by atoms with van der Waals surface area (Å²) < 4.78 is 12.9. The quantitative estimate of drug-likeness (QED) is 0.747. The number of hydrogen-bond acceptors (Lipinski definition) is 1. The molecular formula is C14H17FO. The van der Waals surface area contributed by atoms with Crippen LogP contribution in [0.1, 0.15) is 30.9 Å². The highest BCUT2D eigenvalue weighted by Gasteiger charge is 2.30. The molecule has 2 heteroatoms. The zero-order valence-electron chi connectivity index (χ0n) is 9.79. The monoisotopic (exact) mass is 220 g/mol. The molecule has 0 aromatic heterocycles. The minimum Gasteiger partial charge on any atom is -0.299 e. The molecule has 16 heavy (non-hydrogen) atoms. The Kier molecular flexibility index (Phi) is 3.08. The summed E-state index contributed by atoms with van der Waals surface area (Å²) in [6.45, 7) is 3.94. The third-order valence-corrected chi connectivity index (χ3v) is 3.76. The highest BCUT2D eigenvalue weighted by atomic mass is 19.1. The Hall–Kier alpha value is -1.18. The van der Waals surface area contributed by atoms with Crippen molar-refractivity contribution in [3.63, 3.8) is 0 Å². The zero-order valence-corrected chi connectivity index (χ0v) is 9.79. The van der Waals surface area contributed by atoms with Crippen LogP contribution in [0, 0.1) is 24.6 Å². The van der Waals surface area contributed by atoms with Crippen LogP contribution in [0.15, 0.2) is 18.2 Å². The SMILES string of the molecule is Cc1cc(F)ccc1CC1CCC(=O)C1C. The number of halogens is 1. The molecule has 1 aliphatic rings. The first kappa shape index (κ1) is 11.3. The van der Waals surface area contributed by atoms with Gasteiger partial charge < -0.3 is 0 Å². The van der Waals surface area contributed by atoms with Crippen molar-refractivity contribution in [2.45, 2.75) is 33.1 Å². The lowest BCUT2D eigenvalue weighted by Crippen LogP contribution is -2.13. The molecule has 1 saturated carbocycles. The second-order valence-electron chi connectivity index (χ2n) is 4.83. The summed E-state index contributed by atoms with van der Waals surface area (Å²) in [5.74, 6) is 0.808. The number of hydrogen-bond donors (Lipinski definition) is 0. The van der Waals surface area contributed by atoms with Gasteiger partial charge in [0, 0.05) is 12.3 Å². The van der Waals surface area contributed by atoms with E-state index in [0.717, 1.165) is 18.4 Å².